The van der Waals surface area contributed by atoms with E-state index in [1.54, 1.807) is 12.1 Å². The Morgan fingerprint density at radius 3 is 1.80 bits per heavy atom. The van der Waals surface area contributed by atoms with Gasteiger partial charge < -0.3 is 4.90 Å². The maximum Gasteiger partial charge on any atom is 0.269 e. The molecule has 0 aliphatic heterocycles. The summed E-state index contributed by atoms with van der Waals surface area (Å²) in [7, 11) is 0. The van der Waals surface area contributed by atoms with E-state index in [2.05, 4.69) is 48.0 Å². The summed E-state index contributed by atoms with van der Waals surface area (Å²) in [5.41, 5.74) is 3.83. The van der Waals surface area contributed by atoms with Gasteiger partial charge in [0.05, 0.1) is 16.3 Å². The third-order valence-electron chi connectivity index (χ3n) is 6.44. The molecule has 0 aromatic heterocycles. The Morgan fingerprint density at radius 1 is 0.743 bits per heavy atom. The molecular weight excluding hydrogens is 436 g/mol. The zero-order valence-electron chi connectivity index (χ0n) is 22.0. The van der Waals surface area contributed by atoms with Gasteiger partial charge in [-0.3, -0.25) is 10.1 Å². The third-order valence-corrected chi connectivity index (χ3v) is 6.44. The lowest BCUT2D eigenvalue weighted by molar-refractivity contribution is -0.384. The zero-order chi connectivity index (χ0) is 25.3. The van der Waals surface area contributed by atoms with Crippen LogP contribution in [0.5, 0.6) is 0 Å². The lowest BCUT2D eigenvalue weighted by Gasteiger charge is -2.26. The van der Waals surface area contributed by atoms with Crippen molar-refractivity contribution in [2.45, 2.75) is 97.8 Å². The number of benzene rings is 2. The first-order valence-electron chi connectivity index (χ1n) is 13.6. The largest absolute Gasteiger partial charge is 0.372 e. The molecule has 0 aliphatic rings. The van der Waals surface area contributed by atoms with Crippen molar-refractivity contribution >= 4 is 22.7 Å². The van der Waals surface area contributed by atoms with Crippen LogP contribution in [0.4, 0.5) is 22.7 Å². The molecule has 2 rings (SSSR count). The van der Waals surface area contributed by atoms with E-state index in [9.17, 15) is 10.1 Å². The van der Waals surface area contributed by atoms with Crippen molar-refractivity contribution in [1.82, 2.24) is 0 Å². The fourth-order valence-electron chi connectivity index (χ4n) is 4.24. The highest BCUT2D eigenvalue weighted by Crippen LogP contribution is 2.28. The van der Waals surface area contributed by atoms with Crippen molar-refractivity contribution in [3.05, 3.63) is 58.1 Å². The number of nitrogens with zero attached hydrogens (tertiary/aromatic N) is 4. The Morgan fingerprint density at radius 2 is 1.29 bits per heavy atom. The predicted octanol–water partition coefficient (Wildman–Crippen LogP) is 9.85. The molecule has 0 amide bonds. The second-order valence-electron chi connectivity index (χ2n) is 9.47. The number of nitro benzene ring substituents is 1. The number of non-ortho nitro benzene ring substituents is 1. The molecule has 0 N–H and O–H groups in total. The summed E-state index contributed by atoms with van der Waals surface area (Å²) in [5.74, 6) is 0. The summed E-state index contributed by atoms with van der Waals surface area (Å²) in [6.07, 6.45) is 15.7. The predicted molar refractivity (Wildman–Crippen MR) is 147 cm³/mol. The van der Waals surface area contributed by atoms with Crippen molar-refractivity contribution in [2.24, 2.45) is 10.2 Å². The Labute approximate surface area is 212 Å². The van der Waals surface area contributed by atoms with Gasteiger partial charge in [0, 0.05) is 30.9 Å². The van der Waals surface area contributed by atoms with Crippen LogP contribution in [-0.4, -0.2) is 18.0 Å². The highest BCUT2D eigenvalue weighted by Gasteiger charge is 2.09. The van der Waals surface area contributed by atoms with Gasteiger partial charge in [-0.05, 0) is 55.7 Å². The molecule has 0 aliphatic carbocycles. The molecule has 0 spiro atoms. The summed E-state index contributed by atoms with van der Waals surface area (Å²) >= 11 is 0. The maximum atomic E-state index is 10.8. The molecule has 6 heteroatoms. The monoisotopic (exact) mass is 480 g/mol. The third kappa shape index (κ3) is 11.0. The Bertz CT molecular complexity index is 880. The summed E-state index contributed by atoms with van der Waals surface area (Å²) in [4.78, 5) is 13.0. The standard InChI is InChI=1S/C29H44N4O2/c1-4-6-8-10-12-14-22-32(23-15-13-11-9-7-5-2)28-20-21-29(25(3)24-28)31-30-26-16-18-27(19-17-26)33(34)35/h16-21,24H,4-15,22-23H2,1-3H3/b31-30+. The van der Waals surface area contributed by atoms with Gasteiger partial charge in [-0.2, -0.15) is 10.2 Å². The van der Waals surface area contributed by atoms with Crippen LogP contribution >= 0.6 is 0 Å². The minimum Gasteiger partial charge on any atom is -0.372 e. The number of unbranched alkanes of at least 4 members (excludes halogenated alkanes) is 10. The van der Waals surface area contributed by atoms with Crippen LogP contribution in [-0.2, 0) is 0 Å². The molecule has 0 saturated heterocycles. The van der Waals surface area contributed by atoms with Gasteiger partial charge in [0.25, 0.3) is 5.69 Å². The topological polar surface area (TPSA) is 71.1 Å². The van der Waals surface area contributed by atoms with Crippen LogP contribution in [0.25, 0.3) is 0 Å². The number of rotatable bonds is 18. The highest BCUT2D eigenvalue weighted by atomic mass is 16.6. The zero-order valence-corrected chi connectivity index (χ0v) is 22.0. The summed E-state index contributed by atoms with van der Waals surface area (Å²) in [6, 6.07) is 12.6. The van der Waals surface area contributed by atoms with E-state index in [0.717, 1.165) is 24.3 Å². The van der Waals surface area contributed by atoms with Crippen LogP contribution in [0.1, 0.15) is 96.5 Å². The molecule has 0 radical (unpaired) electrons. The summed E-state index contributed by atoms with van der Waals surface area (Å²) in [5, 5.41) is 19.5. The first-order valence-corrected chi connectivity index (χ1v) is 13.6. The van der Waals surface area contributed by atoms with E-state index in [0.29, 0.717) is 5.69 Å². The average Bonchev–Trinajstić information content (AvgIpc) is 2.86. The number of azo groups is 1. The first-order chi connectivity index (χ1) is 17.0. The van der Waals surface area contributed by atoms with Gasteiger partial charge in [-0.25, -0.2) is 0 Å². The normalized spacial score (nSPS) is 11.3. The number of hydrogen-bond acceptors (Lipinski definition) is 5. The second-order valence-corrected chi connectivity index (χ2v) is 9.47. The molecule has 0 unspecified atom stereocenters. The maximum absolute atomic E-state index is 10.8. The Hall–Kier alpha value is -2.76. The Balaban J connectivity index is 2.00. The molecule has 0 saturated carbocycles. The SMILES string of the molecule is CCCCCCCCN(CCCCCCCC)c1ccc(/N=N/c2ccc([N+](=O)[O-])cc2)c(C)c1. The lowest BCUT2D eigenvalue weighted by atomic mass is 10.1. The molecule has 2 aromatic carbocycles. The number of hydrogen-bond donors (Lipinski definition) is 0. The van der Waals surface area contributed by atoms with Crippen molar-refractivity contribution in [3.63, 3.8) is 0 Å². The van der Waals surface area contributed by atoms with Crippen LogP contribution in [0.3, 0.4) is 0 Å². The summed E-state index contributed by atoms with van der Waals surface area (Å²) in [6.45, 7) is 8.80. The average molecular weight is 481 g/mol. The smallest absolute Gasteiger partial charge is 0.269 e. The van der Waals surface area contributed by atoms with Gasteiger partial charge >= 0.3 is 0 Å². The molecule has 0 fully saturated rings. The van der Waals surface area contributed by atoms with E-state index in [-0.39, 0.29) is 5.69 Å². The molecule has 35 heavy (non-hydrogen) atoms. The first kappa shape index (κ1) is 28.5. The lowest BCUT2D eigenvalue weighted by Crippen LogP contribution is -2.25. The second kappa shape index (κ2) is 16.8. The Kier molecular flexibility index (Phi) is 13.7. The molecule has 6 nitrogen and oxygen atoms in total. The molecule has 0 heterocycles. The molecule has 2 aromatic rings. The van der Waals surface area contributed by atoms with Gasteiger partial charge in [-0.1, -0.05) is 78.1 Å². The van der Waals surface area contributed by atoms with Crippen LogP contribution in [0, 0.1) is 17.0 Å². The van der Waals surface area contributed by atoms with Gasteiger partial charge in [-0.15, -0.1) is 0 Å². The molecule has 0 bridgehead atoms. The van der Waals surface area contributed by atoms with Crippen LogP contribution in [0.15, 0.2) is 52.7 Å². The van der Waals surface area contributed by atoms with E-state index in [4.69, 9.17) is 0 Å². The summed E-state index contributed by atoms with van der Waals surface area (Å²) < 4.78 is 0. The number of anilines is 1. The van der Waals surface area contributed by atoms with E-state index in [1.807, 2.05) is 6.07 Å². The minimum atomic E-state index is -0.411. The van der Waals surface area contributed by atoms with Gasteiger partial charge in [0.1, 0.15) is 0 Å². The fourth-order valence-corrected chi connectivity index (χ4v) is 4.24. The van der Waals surface area contributed by atoms with E-state index in [1.165, 1.54) is 94.9 Å². The van der Waals surface area contributed by atoms with Crippen LogP contribution < -0.4 is 4.90 Å². The molecule has 0 atom stereocenters. The number of nitro groups is 1. The molecular formula is C29H44N4O2. The minimum absolute atomic E-state index is 0.0558. The molecule has 192 valence electrons. The van der Waals surface area contributed by atoms with Crippen molar-refractivity contribution < 1.29 is 4.92 Å². The van der Waals surface area contributed by atoms with E-state index >= 15 is 0 Å². The highest BCUT2D eigenvalue weighted by molar-refractivity contribution is 5.58. The van der Waals surface area contributed by atoms with Crippen LogP contribution in [0.2, 0.25) is 0 Å². The van der Waals surface area contributed by atoms with Crippen molar-refractivity contribution in [1.29, 1.82) is 0 Å². The van der Waals surface area contributed by atoms with Crippen molar-refractivity contribution in [2.75, 3.05) is 18.0 Å². The quantitative estimate of drug-likeness (QED) is 0.0922. The van der Waals surface area contributed by atoms with Crippen molar-refractivity contribution in [3.8, 4) is 0 Å². The number of aryl methyl sites for hydroxylation is 1. The van der Waals surface area contributed by atoms with Gasteiger partial charge in [0.2, 0.25) is 0 Å². The fraction of sp³-hybridized carbons (Fsp3) is 0.586. The van der Waals surface area contributed by atoms with E-state index < -0.39 is 4.92 Å². The van der Waals surface area contributed by atoms with Gasteiger partial charge in [0.15, 0.2) is 0 Å².